The second-order valence-corrected chi connectivity index (χ2v) is 31.7. The maximum atomic E-state index is 13.1. The van der Waals surface area contributed by atoms with E-state index in [4.69, 9.17) is 37.0 Å². The van der Waals surface area contributed by atoms with Crippen molar-refractivity contribution >= 4 is 39.5 Å². The van der Waals surface area contributed by atoms with Gasteiger partial charge in [-0.1, -0.05) is 331 Å². The van der Waals surface area contributed by atoms with E-state index >= 15 is 0 Å². The molecule has 0 aliphatic heterocycles. The Morgan fingerprint density at radius 1 is 0.295 bits per heavy atom. The first-order valence-corrected chi connectivity index (χ1v) is 42.3. The highest BCUT2D eigenvalue weighted by atomic mass is 31.2. The van der Waals surface area contributed by atoms with Crippen LogP contribution in [-0.2, 0) is 65.4 Å². The molecule has 0 radical (unpaired) electrons. The SMILES string of the molecule is CCC(C)CCCCCCCCCCCCCCCCCCCCC(=O)OC[C@H](COP(=O)(O)OC[C@@H](O)COP(=O)(O)OC[C@@H](COC(=O)CCCCCCCCC(C)CC)OC(=O)CCCCCCCCCCC(C)C)OC(=O)CCCCCCCCCCCC(C)C. The minimum atomic E-state index is -4.96. The van der Waals surface area contributed by atoms with Crippen LogP contribution in [0.1, 0.15) is 383 Å². The van der Waals surface area contributed by atoms with E-state index in [0.29, 0.717) is 25.7 Å². The Morgan fingerprint density at radius 3 is 0.747 bits per heavy atom. The number of aliphatic hydroxyl groups is 1. The average molecular weight is 1400 g/mol. The topological polar surface area (TPSA) is 237 Å². The van der Waals surface area contributed by atoms with E-state index in [-0.39, 0.29) is 25.7 Å². The van der Waals surface area contributed by atoms with Gasteiger partial charge in [0.1, 0.15) is 19.3 Å². The monoisotopic (exact) mass is 1400 g/mol. The van der Waals surface area contributed by atoms with E-state index in [1.54, 1.807) is 0 Å². The van der Waals surface area contributed by atoms with Crippen molar-refractivity contribution in [2.75, 3.05) is 39.6 Å². The summed E-state index contributed by atoms with van der Waals surface area (Å²) in [6.07, 6.45) is 50.2. The maximum absolute atomic E-state index is 13.1. The Morgan fingerprint density at radius 2 is 0.505 bits per heavy atom. The van der Waals surface area contributed by atoms with Crippen molar-refractivity contribution in [1.82, 2.24) is 0 Å². The highest BCUT2D eigenvalue weighted by molar-refractivity contribution is 7.47. The summed E-state index contributed by atoms with van der Waals surface area (Å²) < 4.78 is 68.4. The Labute approximate surface area is 581 Å². The lowest BCUT2D eigenvalue weighted by atomic mass is 9.99. The van der Waals surface area contributed by atoms with Crippen LogP contribution in [0.5, 0.6) is 0 Å². The van der Waals surface area contributed by atoms with Crippen LogP contribution < -0.4 is 0 Å². The van der Waals surface area contributed by atoms with E-state index in [9.17, 15) is 43.2 Å². The molecule has 0 fully saturated rings. The van der Waals surface area contributed by atoms with Gasteiger partial charge in [0.05, 0.1) is 26.4 Å². The number of esters is 4. The zero-order valence-corrected chi connectivity index (χ0v) is 64.1. The largest absolute Gasteiger partial charge is 0.472 e. The second kappa shape index (κ2) is 65.4. The molecule has 0 spiro atoms. The molecule has 17 nitrogen and oxygen atoms in total. The van der Waals surface area contributed by atoms with Crippen LogP contribution in [0.4, 0.5) is 0 Å². The first-order valence-electron chi connectivity index (χ1n) is 39.3. The molecule has 0 bridgehead atoms. The Balaban J connectivity index is 5.15. The second-order valence-electron chi connectivity index (χ2n) is 28.8. The van der Waals surface area contributed by atoms with Gasteiger partial charge in [0.2, 0.25) is 0 Å². The molecule has 0 heterocycles. The molecule has 95 heavy (non-hydrogen) atoms. The van der Waals surface area contributed by atoms with Gasteiger partial charge in [-0.2, -0.15) is 0 Å². The summed E-state index contributed by atoms with van der Waals surface area (Å²) in [6, 6.07) is 0. The van der Waals surface area contributed by atoms with Gasteiger partial charge >= 0.3 is 39.5 Å². The molecular formula is C76H148O17P2. The minimum absolute atomic E-state index is 0.103. The number of ether oxygens (including phenoxy) is 4. The van der Waals surface area contributed by atoms with Gasteiger partial charge in [-0.05, 0) is 49.4 Å². The summed E-state index contributed by atoms with van der Waals surface area (Å²) in [5.41, 5.74) is 0. The van der Waals surface area contributed by atoms with Crippen molar-refractivity contribution in [3.63, 3.8) is 0 Å². The Kier molecular flexibility index (Phi) is 64.0. The van der Waals surface area contributed by atoms with Gasteiger partial charge in [-0.3, -0.25) is 37.3 Å². The van der Waals surface area contributed by atoms with E-state index in [2.05, 4.69) is 55.4 Å². The van der Waals surface area contributed by atoms with Crippen LogP contribution in [-0.4, -0.2) is 96.7 Å². The molecule has 0 aliphatic carbocycles. The lowest BCUT2D eigenvalue weighted by Crippen LogP contribution is -2.30. The van der Waals surface area contributed by atoms with E-state index < -0.39 is 97.5 Å². The molecular weight excluding hydrogens is 1250 g/mol. The fourth-order valence-corrected chi connectivity index (χ4v) is 13.1. The summed E-state index contributed by atoms with van der Waals surface area (Å²) in [6.45, 7) is 14.2. The van der Waals surface area contributed by atoms with Gasteiger partial charge in [0, 0.05) is 25.7 Å². The van der Waals surface area contributed by atoms with Crippen molar-refractivity contribution in [2.45, 2.75) is 401 Å². The number of phosphoric ester groups is 2. The molecule has 564 valence electrons. The highest BCUT2D eigenvalue weighted by Crippen LogP contribution is 2.45. The number of carbonyl (C=O) groups excluding carboxylic acids is 4. The fraction of sp³-hybridized carbons (Fsp3) is 0.947. The zero-order chi connectivity index (χ0) is 70.3. The standard InChI is InChI=1S/C76H148O17P2/c1-9-68(7)54-46-38-30-23-19-17-15-13-11-12-14-16-18-20-24-31-40-48-56-73(78)86-62-71(92-75(80)58-50-42-32-25-21-22-28-36-44-52-66(3)4)64-90-94(82,83)88-60-70(77)61-89-95(84,85)91-65-72(63-87-74(79)57-49-41-35-34-39-47-55-69(8)10-2)93-76(81)59-51-43-33-27-26-29-37-45-53-67(5)6/h66-72,77H,9-65H2,1-8H3,(H,82,83)(H,84,85)/t68?,69?,70-,71-,72-/m1/s1. The van der Waals surface area contributed by atoms with Crippen molar-refractivity contribution in [3.05, 3.63) is 0 Å². The van der Waals surface area contributed by atoms with Gasteiger partial charge in [-0.15, -0.1) is 0 Å². The predicted molar refractivity (Wildman–Crippen MR) is 386 cm³/mol. The molecule has 0 amide bonds. The maximum Gasteiger partial charge on any atom is 0.472 e. The molecule has 3 N–H and O–H groups in total. The summed E-state index contributed by atoms with van der Waals surface area (Å²) in [5.74, 6) is 0.933. The summed E-state index contributed by atoms with van der Waals surface area (Å²) in [4.78, 5) is 72.7. The van der Waals surface area contributed by atoms with E-state index in [1.165, 1.54) is 180 Å². The van der Waals surface area contributed by atoms with Gasteiger partial charge in [0.25, 0.3) is 0 Å². The van der Waals surface area contributed by atoms with Crippen LogP contribution in [0.2, 0.25) is 0 Å². The molecule has 0 aromatic heterocycles. The Hall–Kier alpha value is -1.94. The van der Waals surface area contributed by atoms with Gasteiger partial charge in [0.15, 0.2) is 12.2 Å². The highest BCUT2D eigenvalue weighted by Gasteiger charge is 2.30. The average Bonchev–Trinajstić information content (AvgIpc) is 1.89. The number of unbranched alkanes of at least 4 members (excludes halogenated alkanes) is 37. The molecule has 0 aromatic rings. The summed E-state index contributed by atoms with van der Waals surface area (Å²) in [5, 5.41) is 10.6. The number of phosphoric acid groups is 2. The quantitative estimate of drug-likeness (QED) is 0.0222. The van der Waals surface area contributed by atoms with Crippen LogP contribution in [0.15, 0.2) is 0 Å². The third-order valence-electron chi connectivity index (χ3n) is 18.3. The first kappa shape index (κ1) is 93.1. The summed E-state index contributed by atoms with van der Waals surface area (Å²) >= 11 is 0. The van der Waals surface area contributed by atoms with Crippen LogP contribution >= 0.6 is 15.6 Å². The van der Waals surface area contributed by atoms with Gasteiger partial charge in [-0.25, -0.2) is 9.13 Å². The predicted octanol–water partition coefficient (Wildman–Crippen LogP) is 22.0. The van der Waals surface area contributed by atoms with Crippen LogP contribution in [0, 0.1) is 23.7 Å². The molecule has 19 heteroatoms. The molecule has 4 unspecified atom stereocenters. The first-order chi connectivity index (χ1) is 45.7. The molecule has 0 aromatic carbocycles. The van der Waals surface area contributed by atoms with E-state index in [1.807, 2.05) is 0 Å². The molecule has 7 atom stereocenters. The molecule has 0 saturated carbocycles. The van der Waals surface area contributed by atoms with Crippen molar-refractivity contribution in [2.24, 2.45) is 23.7 Å². The fourth-order valence-electron chi connectivity index (χ4n) is 11.5. The molecule has 0 rings (SSSR count). The summed E-state index contributed by atoms with van der Waals surface area (Å²) in [7, 11) is -9.91. The molecule has 0 aliphatic rings. The third-order valence-corrected chi connectivity index (χ3v) is 20.2. The minimum Gasteiger partial charge on any atom is -0.462 e. The number of carbonyl (C=O) groups is 4. The van der Waals surface area contributed by atoms with Crippen molar-refractivity contribution < 1.29 is 80.2 Å². The van der Waals surface area contributed by atoms with Crippen LogP contribution in [0.3, 0.4) is 0 Å². The van der Waals surface area contributed by atoms with Crippen molar-refractivity contribution in [3.8, 4) is 0 Å². The number of rotatable bonds is 73. The van der Waals surface area contributed by atoms with E-state index in [0.717, 1.165) is 120 Å². The van der Waals surface area contributed by atoms with Gasteiger partial charge < -0.3 is 33.8 Å². The number of hydrogen-bond donors (Lipinski definition) is 3. The lowest BCUT2D eigenvalue weighted by molar-refractivity contribution is -0.161. The normalized spacial score (nSPS) is 14.7. The van der Waals surface area contributed by atoms with Crippen LogP contribution in [0.25, 0.3) is 0 Å². The van der Waals surface area contributed by atoms with Crippen molar-refractivity contribution in [1.29, 1.82) is 0 Å². The third kappa shape index (κ3) is 67.6. The smallest absolute Gasteiger partial charge is 0.462 e. The number of hydrogen-bond acceptors (Lipinski definition) is 15. The number of aliphatic hydroxyl groups excluding tert-OH is 1. The Bertz CT molecular complexity index is 1870. The zero-order valence-electron chi connectivity index (χ0n) is 62.3. The molecule has 0 saturated heterocycles. The lowest BCUT2D eigenvalue weighted by Gasteiger charge is -2.21.